The van der Waals surface area contributed by atoms with E-state index in [1.165, 1.54) is 35.6 Å². The van der Waals surface area contributed by atoms with Gasteiger partial charge in [0.15, 0.2) is 0 Å². The van der Waals surface area contributed by atoms with Crippen molar-refractivity contribution in [2.24, 2.45) is 0 Å². The normalized spacial score (nSPS) is 11.1. The molecule has 0 aliphatic carbocycles. The zero-order chi connectivity index (χ0) is 20.3. The molecule has 1 amide bonds. The molecule has 1 N–H and O–H groups in total. The van der Waals surface area contributed by atoms with E-state index in [-0.39, 0.29) is 10.8 Å². The van der Waals surface area contributed by atoms with Crippen LogP contribution < -0.4 is 9.62 Å². The summed E-state index contributed by atoms with van der Waals surface area (Å²) in [6.45, 7) is 1.77. The second kappa shape index (κ2) is 8.04. The van der Waals surface area contributed by atoms with Crippen molar-refractivity contribution in [2.75, 3.05) is 16.7 Å². The largest absolute Gasteiger partial charge is 0.322 e. The molecule has 7 heteroatoms. The van der Waals surface area contributed by atoms with Gasteiger partial charge < -0.3 is 5.32 Å². The van der Waals surface area contributed by atoms with Crippen LogP contribution in [0, 0.1) is 6.92 Å². The molecular weight excluding hydrogens is 396 g/mol. The maximum atomic E-state index is 12.9. The van der Waals surface area contributed by atoms with Crippen LogP contribution in [0.25, 0.3) is 0 Å². The van der Waals surface area contributed by atoms with Gasteiger partial charge in [0, 0.05) is 23.3 Å². The minimum Gasteiger partial charge on any atom is -0.322 e. The monoisotopic (exact) mass is 414 g/mol. The van der Waals surface area contributed by atoms with Crippen LogP contribution in [0.3, 0.4) is 0 Å². The Morgan fingerprint density at radius 1 is 0.964 bits per heavy atom. The number of halogens is 1. The van der Waals surface area contributed by atoms with Gasteiger partial charge >= 0.3 is 0 Å². The number of rotatable bonds is 5. The quantitative estimate of drug-likeness (QED) is 0.656. The topological polar surface area (TPSA) is 66.5 Å². The molecule has 5 nitrogen and oxygen atoms in total. The van der Waals surface area contributed by atoms with Gasteiger partial charge in [0.05, 0.1) is 10.6 Å². The number of hydrogen-bond donors (Lipinski definition) is 1. The van der Waals surface area contributed by atoms with E-state index < -0.39 is 10.0 Å². The van der Waals surface area contributed by atoms with Gasteiger partial charge in [-0.15, -0.1) is 0 Å². The van der Waals surface area contributed by atoms with E-state index in [1.54, 1.807) is 37.3 Å². The van der Waals surface area contributed by atoms with E-state index >= 15 is 0 Å². The number of anilines is 2. The average Bonchev–Trinajstić information content (AvgIpc) is 2.68. The molecule has 0 saturated heterocycles. The molecule has 0 aliphatic heterocycles. The number of nitrogens with zero attached hydrogens (tertiary/aromatic N) is 1. The molecular formula is C21H19ClN2O3S. The minimum absolute atomic E-state index is 0.143. The van der Waals surface area contributed by atoms with Crippen LogP contribution in [0.4, 0.5) is 11.4 Å². The zero-order valence-corrected chi connectivity index (χ0v) is 17.0. The summed E-state index contributed by atoms with van der Waals surface area (Å²) in [5.74, 6) is -0.260. The summed E-state index contributed by atoms with van der Waals surface area (Å²) in [5.41, 5.74) is 2.30. The molecule has 0 unspecified atom stereocenters. The van der Waals surface area contributed by atoms with Gasteiger partial charge in [0.2, 0.25) is 0 Å². The first-order valence-corrected chi connectivity index (χ1v) is 10.3. The van der Waals surface area contributed by atoms with E-state index in [4.69, 9.17) is 11.6 Å². The van der Waals surface area contributed by atoms with Crippen molar-refractivity contribution in [1.29, 1.82) is 0 Å². The van der Waals surface area contributed by atoms with Crippen molar-refractivity contribution in [2.45, 2.75) is 11.8 Å². The molecule has 0 heterocycles. The fraction of sp³-hybridized carbons (Fsp3) is 0.0952. The van der Waals surface area contributed by atoms with Crippen LogP contribution in [-0.2, 0) is 10.0 Å². The van der Waals surface area contributed by atoms with Gasteiger partial charge in [-0.05, 0) is 67.1 Å². The smallest absolute Gasteiger partial charge is 0.264 e. The molecule has 144 valence electrons. The van der Waals surface area contributed by atoms with Crippen molar-refractivity contribution in [3.63, 3.8) is 0 Å². The molecule has 28 heavy (non-hydrogen) atoms. The van der Waals surface area contributed by atoms with Crippen molar-refractivity contribution >= 4 is 38.9 Å². The second-order valence-corrected chi connectivity index (χ2v) is 8.65. The van der Waals surface area contributed by atoms with Gasteiger partial charge in [0.1, 0.15) is 0 Å². The van der Waals surface area contributed by atoms with Crippen LogP contribution in [0.2, 0.25) is 5.02 Å². The maximum Gasteiger partial charge on any atom is 0.264 e. The number of carbonyl (C=O) groups excluding carboxylic acids is 1. The molecule has 0 saturated carbocycles. The zero-order valence-electron chi connectivity index (χ0n) is 15.4. The van der Waals surface area contributed by atoms with Crippen LogP contribution >= 0.6 is 11.6 Å². The van der Waals surface area contributed by atoms with Crippen molar-refractivity contribution in [3.8, 4) is 0 Å². The third kappa shape index (κ3) is 4.18. The Morgan fingerprint density at radius 2 is 1.61 bits per heavy atom. The number of sulfonamides is 1. The summed E-state index contributed by atoms with van der Waals surface area (Å²) in [4.78, 5) is 12.6. The van der Waals surface area contributed by atoms with E-state index in [0.29, 0.717) is 27.5 Å². The first-order valence-electron chi connectivity index (χ1n) is 8.50. The average molecular weight is 415 g/mol. The molecule has 0 fully saturated rings. The summed E-state index contributed by atoms with van der Waals surface area (Å²) in [7, 11) is -2.26. The van der Waals surface area contributed by atoms with Crippen LogP contribution in [-0.4, -0.2) is 21.4 Å². The summed E-state index contributed by atoms with van der Waals surface area (Å²) >= 11 is 5.84. The lowest BCUT2D eigenvalue weighted by molar-refractivity contribution is 0.102. The fourth-order valence-electron chi connectivity index (χ4n) is 2.77. The molecule has 0 atom stereocenters. The highest BCUT2D eigenvalue weighted by Crippen LogP contribution is 2.27. The van der Waals surface area contributed by atoms with Crippen molar-refractivity contribution < 1.29 is 13.2 Å². The molecule has 3 aromatic rings. The predicted molar refractivity (Wildman–Crippen MR) is 113 cm³/mol. The van der Waals surface area contributed by atoms with Gasteiger partial charge in [0.25, 0.3) is 15.9 Å². The van der Waals surface area contributed by atoms with Crippen LogP contribution in [0.15, 0.2) is 77.7 Å². The third-order valence-electron chi connectivity index (χ3n) is 4.30. The molecule has 0 aliphatic rings. The fourth-order valence-corrected chi connectivity index (χ4v) is 4.15. The number of hydrogen-bond acceptors (Lipinski definition) is 3. The number of para-hydroxylation sites is 1. The third-order valence-corrected chi connectivity index (χ3v) is 6.34. The lowest BCUT2D eigenvalue weighted by atomic mass is 10.1. The van der Waals surface area contributed by atoms with Gasteiger partial charge in [-0.1, -0.05) is 29.8 Å². The number of benzene rings is 3. The van der Waals surface area contributed by atoms with Crippen molar-refractivity contribution in [3.05, 3.63) is 88.9 Å². The van der Waals surface area contributed by atoms with Gasteiger partial charge in [-0.3, -0.25) is 9.10 Å². The van der Waals surface area contributed by atoms with Gasteiger partial charge in [-0.25, -0.2) is 8.42 Å². The number of aryl methyl sites for hydroxylation is 1. The summed E-state index contributed by atoms with van der Waals surface area (Å²) in [5, 5.41) is 3.28. The molecule has 3 rings (SSSR count). The predicted octanol–water partition coefficient (Wildman–Crippen LogP) is 4.73. The highest BCUT2D eigenvalue weighted by Gasteiger charge is 2.23. The summed E-state index contributed by atoms with van der Waals surface area (Å²) in [6, 6.07) is 20.0. The van der Waals surface area contributed by atoms with E-state index in [1.807, 2.05) is 18.2 Å². The Kier molecular flexibility index (Phi) is 5.72. The highest BCUT2D eigenvalue weighted by atomic mass is 35.5. The first kappa shape index (κ1) is 19.9. The van der Waals surface area contributed by atoms with E-state index in [0.717, 1.165) is 0 Å². The first-order chi connectivity index (χ1) is 13.3. The second-order valence-electron chi connectivity index (χ2n) is 6.25. The van der Waals surface area contributed by atoms with E-state index in [9.17, 15) is 13.2 Å². The van der Waals surface area contributed by atoms with Crippen LogP contribution in [0.5, 0.6) is 0 Å². The van der Waals surface area contributed by atoms with Crippen molar-refractivity contribution in [1.82, 2.24) is 0 Å². The number of carbonyl (C=O) groups is 1. The molecule has 3 aromatic carbocycles. The minimum atomic E-state index is -3.74. The Hall–Kier alpha value is -2.83. The Balaban J connectivity index is 1.85. The standard InChI is InChI=1S/C21H19ClN2O3S/c1-15-14-16(21(25)23-18-6-4-3-5-7-18)8-13-20(15)24(2)28(26,27)19-11-9-17(22)10-12-19/h3-14H,1-2H3,(H,23,25). The van der Waals surface area contributed by atoms with Crippen LogP contribution in [0.1, 0.15) is 15.9 Å². The Morgan fingerprint density at radius 3 is 2.21 bits per heavy atom. The SMILES string of the molecule is Cc1cc(C(=O)Nc2ccccc2)ccc1N(C)S(=O)(=O)c1ccc(Cl)cc1. The molecule has 0 aromatic heterocycles. The lowest BCUT2D eigenvalue weighted by Gasteiger charge is -2.22. The molecule has 0 spiro atoms. The number of nitrogens with one attached hydrogen (secondary N) is 1. The molecule has 0 radical (unpaired) electrons. The van der Waals surface area contributed by atoms with E-state index in [2.05, 4.69) is 5.32 Å². The Labute approximate surface area is 169 Å². The van der Waals surface area contributed by atoms with Gasteiger partial charge in [-0.2, -0.15) is 0 Å². The number of amides is 1. The lowest BCUT2D eigenvalue weighted by Crippen LogP contribution is -2.27. The highest BCUT2D eigenvalue weighted by molar-refractivity contribution is 7.92. The summed E-state index contributed by atoms with van der Waals surface area (Å²) < 4.78 is 26.9. The molecule has 0 bridgehead atoms. The Bertz CT molecular complexity index is 1100. The summed E-state index contributed by atoms with van der Waals surface area (Å²) in [6.07, 6.45) is 0. The maximum absolute atomic E-state index is 12.9.